The van der Waals surface area contributed by atoms with Crippen molar-refractivity contribution in [3.63, 3.8) is 0 Å². The highest BCUT2D eigenvalue weighted by atomic mass is 16.2. The predicted molar refractivity (Wildman–Crippen MR) is 78.0 cm³/mol. The van der Waals surface area contributed by atoms with Crippen LogP contribution in [-0.2, 0) is 16.1 Å². The van der Waals surface area contributed by atoms with Crippen molar-refractivity contribution in [3.8, 4) is 0 Å². The number of rotatable bonds is 2. The van der Waals surface area contributed by atoms with Gasteiger partial charge >= 0.3 is 11.8 Å². The predicted octanol–water partition coefficient (Wildman–Crippen LogP) is 1.87. The zero-order valence-electron chi connectivity index (χ0n) is 12.2. The molecular formula is C16H22N2O2. The smallest absolute Gasteiger partial charge is 0.311 e. The summed E-state index contributed by atoms with van der Waals surface area (Å²) >= 11 is 0. The van der Waals surface area contributed by atoms with Gasteiger partial charge in [0.2, 0.25) is 0 Å². The molecule has 20 heavy (non-hydrogen) atoms. The first-order chi connectivity index (χ1) is 9.56. The second-order valence-electron chi connectivity index (χ2n) is 5.67. The Morgan fingerprint density at radius 3 is 2.90 bits per heavy atom. The molecule has 1 fully saturated rings. The summed E-state index contributed by atoms with van der Waals surface area (Å²) < 4.78 is 0. The van der Waals surface area contributed by atoms with Crippen molar-refractivity contribution in [1.82, 2.24) is 10.2 Å². The van der Waals surface area contributed by atoms with E-state index in [-0.39, 0.29) is 0 Å². The van der Waals surface area contributed by atoms with Gasteiger partial charge in [-0.25, -0.2) is 0 Å². The van der Waals surface area contributed by atoms with Gasteiger partial charge in [0.1, 0.15) is 0 Å². The van der Waals surface area contributed by atoms with Crippen LogP contribution in [0.5, 0.6) is 0 Å². The first-order valence-corrected chi connectivity index (χ1v) is 7.19. The third kappa shape index (κ3) is 3.83. The molecule has 1 atom stereocenters. The summed E-state index contributed by atoms with van der Waals surface area (Å²) in [4.78, 5) is 25.6. The fraction of sp³-hybridized carbons (Fsp3) is 0.500. The van der Waals surface area contributed by atoms with Crippen LogP contribution in [-0.4, -0.2) is 29.8 Å². The van der Waals surface area contributed by atoms with E-state index in [1.807, 2.05) is 31.2 Å². The van der Waals surface area contributed by atoms with E-state index in [1.165, 1.54) is 0 Å². The lowest BCUT2D eigenvalue weighted by Gasteiger charge is -2.30. The van der Waals surface area contributed by atoms with Crippen molar-refractivity contribution in [2.75, 3.05) is 13.1 Å². The highest BCUT2D eigenvalue weighted by molar-refractivity contribution is 6.34. The van der Waals surface area contributed by atoms with Gasteiger partial charge in [-0.2, -0.15) is 0 Å². The molecule has 4 heteroatoms. The number of likely N-dealkylation sites (tertiary alicyclic amines) is 1. The summed E-state index contributed by atoms with van der Waals surface area (Å²) in [7, 11) is 0. The second kappa shape index (κ2) is 6.55. The Hall–Kier alpha value is -1.84. The van der Waals surface area contributed by atoms with Crippen LogP contribution in [0.15, 0.2) is 24.3 Å². The van der Waals surface area contributed by atoms with Crippen LogP contribution in [0.25, 0.3) is 0 Å². The first kappa shape index (κ1) is 14.6. The average molecular weight is 274 g/mol. The number of nitrogens with zero attached hydrogens (tertiary/aromatic N) is 1. The van der Waals surface area contributed by atoms with Gasteiger partial charge in [-0.3, -0.25) is 9.59 Å². The highest BCUT2D eigenvalue weighted by Gasteiger charge is 2.25. The number of benzene rings is 1. The monoisotopic (exact) mass is 274 g/mol. The summed E-state index contributed by atoms with van der Waals surface area (Å²) in [5, 5.41) is 2.71. The molecule has 0 radical (unpaired) electrons. The number of carbonyl (C=O) groups is 2. The first-order valence-electron chi connectivity index (χ1n) is 7.19. The van der Waals surface area contributed by atoms with Crippen LogP contribution in [0.1, 0.15) is 30.9 Å². The third-order valence-electron chi connectivity index (χ3n) is 3.67. The summed E-state index contributed by atoms with van der Waals surface area (Å²) in [5.74, 6) is -0.415. The Balaban J connectivity index is 1.86. The van der Waals surface area contributed by atoms with E-state index in [9.17, 15) is 9.59 Å². The van der Waals surface area contributed by atoms with Gasteiger partial charge in [-0.05, 0) is 31.2 Å². The summed E-state index contributed by atoms with van der Waals surface area (Å²) in [6, 6.07) is 7.91. The van der Waals surface area contributed by atoms with Crippen LogP contribution in [0.4, 0.5) is 0 Å². The molecule has 0 saturated carbocycles. The normalized spacial score (nSPS) is 18.7. The minimum Gasteiger partial charge on any atom is -0.344 e. The number of hydrogen-bond donors (Lipinski definition) is 1. The standard InChI is InChI=1S/C16H22N2O2/c1-12-5-3-7-14(9-12)10-17-15(19)16(20)18-8-4-6-13(2)11-18/h3,5,7,9,13H,4,6,8,10-11H2,1-2H3,(H,17,19). The van der Waals surface area contributed by atoms with E-state index in [0.29, 0.717) is 25.6 Å². The van der Waals surface area contributed by atoms with Crippen LogP contribution in [0.2, 0.25) is 0 Å². The molecule has 0 aromatic heterocycles. The van der Waals surface area contributed by atoms with Gasteiger partial charge in [-0.1, -0.05) is 36.8 Å². The van der Waals surface area contributed by atoms with Crippen LogP contribution in [0.3, 0.4) is 0 Å². The lowest BCUT2D eigenvalue weighted by molar-refractivity contribution is -0.147. The highest BCUT2D eigenvalue weighted by Crippen LogP contribution is 2.15. The van der Waals surface area contributed by atoms with Gasteiger partial charge in [-0.15, -0.1) is 0 Å². The van der Waals surface area contributed by atoms with Crippen molar-refractivity contribution >= 4 is 11.8 Å². The Labute approximate surface area is 120 Å². The second-order valence-corrected chi connectivity index (χ2v) is 5.67. The lowest BCUT2D eigenvalue weighted by atomic mass is 10.0. The van der Waals surface area contributed by atoms with Crippen molar-refractivity contribution in [2.45, 2.75) is 33.2 Å². The molecule has 1 heterocycles. The maximum absolute atomic E-state index is 12.0. The van der Waals surface area contributed by atoms with Crippen LogP contribution < -0.4 is 5.32 Å². The van der Waals surface area contributed by atoms with Crippen molar-refractivity contribution in [2.24, 2.45) is 5.92 Å². The fourth-order valence-electron chi connectivity index (χ4n) is 2.60. The molecule has 2 amide bonds. The Kier molecular flexibility index (Phi) is 4.77. The van der Waals surface area contributed by atoms with Crippen LogP contribution in [0, 0.1) is 12.8 Å². The molecular weight excluding hydrogens is 252 g/mol. The fourth-order valence-corrected chi connectivity index (χ4v) is 2.60. The van der Waals surface area contributed by atoms with Gasteiger partial charge in [0, 0.05) is 19.6 Å². The molecule has 0 bridgehead atoms. The number of amides is 2. The largest absolute Gasteiger partial charge is 0.344 e. The maximum Gasteiger partial charge on any atom is 0.311 e. The van der Waals surface area contributed by atoms with Crippen molar-refractivity contribution in [1.29, 1.82) is 0 Å². The van der Waals surface area contributed by atoms with Crippen molar-refractivity contribution in [3.05, 3.63) is 35.4 Å². The van der Waals surface area contributed by atoms with Gasteiger partial charge < -0.3 is 10.2 Å². The van der Waals surface area contributed by atoms with E-state index in [4.69, 9.17) is 0 Å². The molecule has 1 aliphatic heterocycles. The van der Waals surface area contributed by atoms with Gasteiger partial charge in [0.05, 0.1) is 0 Å². The molecule has 1 saturated heterocycles. The quantitative estimate of drug-likeness (QED) is 0.837. The lowest BCUT2D eigenvalue weighted by Crippen LogP contribution is -2.46. The van der Waals surface area contributed by atoms with Crippen LogP contribution >= 0.6 is 0 Å². The molecule has 0 aliphatic carbocycles. The van der Waals surface area contributed by atoms with E-state index >= 15 is 0 Å². The topological polar surface area (TPSA) is 49.4 Å². The molecule has 1 N–H and O–H groups in total. The Bertz CT molecular complexity index is 499. The molecule has 1 aromatic carbocycles. The third-order valence-corrected chi connectivity index (χ3v) is 3.67. The molecule has 108 valence electrons. The number of aryl methyl sites for hydroxylation is 1. The van der Waals surface area contributed by atoms with E-state index in [1.54, 1.807) is 4.90 Å². The van der Waals surface area contributed by atoms with Gasteiger partial charge in [0.25, 0.3) is 0 Å². The number of carbonyl (C=O) groups excluding carboxylic acids is 2. The minimum atomic E-state index is -0.499. The molecule has 0 spiro atoms. The number of piperidine rings is 1. The minimum absolute atomic E-state index is 0.398. The van der Waals surface area contributed by atoms with E-state index in [2.05, 4.69) is 12.2 Å². The Morgan fingerprint density at radius 2 is 2.20 bits per heavy atom. The van der Waals surface area contributed by atoms with E-state index in [0.717, 1.165) is 24.0 Å². The summed E-state index contributed by atoms with van der Waals surface area (Å²) in [5.41, 5.74) is 2.16. The zero-order valence-corrected chi connectivity index (χ0v) is 12.2. The zero-order chi connectivity index (χ0) is 14.5. The van der Waals surface area contributed by atoms with E-state index < -0.39 is 11.8 Å². The molecule has 2 rings (SSSR count). The SMILES string of the molecule is Cc1cccc(CNC(=O)C(=O)N2CCCC(C)C2)c1. The number of nitrogens with one attached hydrogen (secondary N) is 1. The molecule has 1 unspecified atom stereocenters. The summed E-state index contributed by atoms with van der Waals surface area (Å²) in [6.07, 6.45) is 2.12. The molecule has 4 nitrogen and oxygen atoms in total. The van der Waals surface area contributed by atoms with Gasteiger partial charge in [0.15, 0.2) is 0 Å². The Morgan fingerprint density at radius 1 is 1.40 bits per heavy atom. The van der Waals surface area contributed by atoms with Crippen molar-refractivity contribution < 1.29 is 9.59 Å². The maximum atomic E-state index is 12.0. The summed E-state index contributed by atoms with van der Waals surface area (Å²) in [6.45, 7) is 5.91. The molecule has 1 aromatic rings. The number of hydrogen-bond acceptors (Lipinski definition) is 2. The molecule has 1 aliphatic rings. The average Bonchev–Trinajstić information content (AvgIpc) is 2.44.